The van der Waals surface area contributed by atoms with Crippen molar-refractivity contribution in [1.82, 2.24) is 0 Å². The predicted octanol–water partition coefficient (Wildman–Crippen LogP) is 2.74. The molecule has 8 rings (SSSR count). The van der Waals surface area contributed by atoms with Crippen LogP contribution in [-0.4, -0.2) is 187 Å². The van der Waals surface area contributed by atoms with Crippen LogP contribution < -0.4 is 0 Å². The summed E-state index contributed by atoms with van der Waals surface area (Å²) in [6, 6.07) is 0. The molecule has 4 heterocycles. The minimum atomic E-state index is -1.82. The van der Waals surface area contributed by atoms with Crippen molar-refractivity contribution in [1.29, 1.82) is 0 Å². The van der Waals surface area contributed by atoms with E-state index >= 15 is 0 Å². The van der Waals surface area contributed by atoms with E-state index in [1.807, 2.05) is 33.8 Å². The molecule has 4 aliphatic carbocycles. The van der Waals surface area contributed by atoms with Crippen molar-refractivity contribution in [3.63, 3.8) is 0 Å². The third kappa shape index (κ3) is 9.43. The quantitative estimate of drug-likeness (QED) is 0.132. The lowest BCUT2D eigenvalue weighted by atomic mass is 9.42. The van der Waals surface area contributed by atoms with E-state index in [-0.39, 0.29) is 37.3 Å². The topological polar surface area (TPSA) is 246 Å². The van der Waals surface area contributed by atoms with Gasteiger partial charge in [0.1, 0.15) is 53.6 Å². The monoisotopic (exact) mass is 985 g/mol. The number of methoxy groups -OCH3 is 3. The maximum Gasteiger partial charge on any atom is 0.303 e. The molecule has 394 valence electrons. The molecule has 3 saturated carbocycles. The first-order chi connectivity index (χ1) is 32.5. The van der Waals surface area contributed by atoms with Gasteiger partial charge in [0.25, 0.3) is 0 Å². The maximum absolute atomic E-state index is 12.9. The Morgan fingerprint density at radius 1 is 0.652 bits per heavy atom. The van der Waals surface area contributed by atoms with E-state index < -0.39 is 144 Å². The third-order valence-electron chi connectivity index (χ3n) is 17.9. The van der Waals surface area contributed by atoms with Crippen LogP contribution in [0, 0.1) is 22.7 Å². The van der Waals surface area contributed by atoms with Crippen LogP contribution in [0.2, 0.25) is 0 Å². The number of fused-ring (bicyclic) bond motifs is 5. The number of esters is 1. The highest BCUT2D eigenvalue weighted by Gasteiger charge is 2.79. The molecule has 19 nitrogen and oxygen atoms in total. The summed E-state index contributed by atoms with van der Waals surface area (Å²) in [5.41, 5.74) is -4.89. The van der Waals surface area contributed by atoms with Crippen molar-refractivity contribution >= 4 is 11.8 Å². The molecule has 0 radical (unpaired) electrons. The second-order valence-corrected chi connectivity index (χ2v) is 21.8. The number of hydrogen-bond donors (Lipinski definition) is 5. The molecule has 4 aliphatic heterocycles. The van der Waals surface area contributed by atoms with Crippen molar-refractivity contribution in [3.8, 4) is 0 Å². The van der Waals surface area contributed by atoms with Crippen LogP contribution in [-0.2, 0) is 66.4 Å². The van der Waals surface area contributed by atoms with Crippen LogP contribution in [0.4, 0.5) is 0 Å². The maximum atomic E-state index is 12.9. The minimum absolute atomic E-state index is 0.0431. The van der Waals surface area contributed by atoms with Gasteiger partial charge in [-0.25, -0.2) is 0 Å². The Morgan fingerprint density at radius 3 is 1.68 bits per heavy atom. The SMILES string of the molecule is CO[C@H]1C[C@H](O[C@@H]2[C@H](C)O[C@@H](O[C@H]3[C@@H](OC)C[C@H](O[C@H]4[C@H](O)C[C@H](O[C@H]5CC[C@@]6(C)C(=CC[C@]7(O)[C@@H]6[C@H](OC(C)=O)[C@@H](O)[C@]6(C)[C@H](C(C)=O)CC[C@@]67O)C5)O[C@@H]4C)O[C@@H]3C)C[C@@H]2OC)O[C@@H](C)[C@H]1O. The predicted molar refractivity (Wildman–Crippen MR) is 241 cm³/mol. The second kappa shape index (κ2) is 20.5. The highest BCUT2D eigenvalue weighted by Crippen LogP contribution is 2.70. The van der Waals surface area contributed by atoms with Gasteiger partial charge in [0.2, 0.25) is 0 Å². The molecular formula is C50H80O19. The Kier molecular flexibility index (Phi) is 15.9. The standard InChI is InChI=1S/C50H80O19/c1-23(51)31-14-17-50(57)48(31,8)46(55)44(65-28(6)52)45-47(7)15-13-30(18-29(47)12-16-49(45,50)56)66-36-19-32(53)41(25(3)62-36)67-38-21-34(59-10)43(26(4)63-38)69-39-22-35(60-11)42(27(5)64-39)68-37-20-33(58-9)40(54)24(2)61-37/h12,24-27,30-46,53-57H,13-22H2,1-11H3/t24-,25+,26+,27-,30-,31-,32+,33-,34-,35-,36-,37-,38-,39-,40+,41+,42+,43+,44-,45+,46+,47-,48-,49-,50+/m0/s1. The largest absolute Gasteiger partial charge is 0.459 e. The number of ketones is 1. The van der Waals surface area contributed by atoms with Crippen molar-refractivity contribution in [2.75, 3.05) is 21.3 Å². The summed E-state index contributed by atoms with van der Waals surface area (Å²) in [5.74, 6) is -2.40. The Labute approximate surface area is 406 Å². The smallest absolute Gasteiger partial charge is 0.303 e. The van der Waals surface area contributed by atoms with E-state index in [9.17, 15) is 35.1 Å². The average Bonchev–Trinajstić information content (AvgIpc) is 3.58. The van der Waals surface area contributed by atoms with E-state index in [1.54, 1.807) is 35.2 Å². The molecule has 8 aliphatic rings. The molecule has 0 spiro atoms. The first-order valence-electron chi connectivity index (χ1n) is 25.2. The number of ether oxygens (including phenoxy) is 12. The summed E-state index contributed by atoms with van der Waals surface area (Å²) < 4.78 is 74.1. The molecule has 7 fully saturated rings. The van der Waals surface area contributed by atoms with Gasteiger partial charge >= 0.3 is 5.97 Å². The zero-order chi connectivity index (χ0) is 50.1. The molecule has 0 aromatic rings. The third-order valence-corrected chi connectivity index (χ3v) is 17.9. The molecule has 19 heteroatoms. The summed E-state index contributed by atoms with van der Waals surface area (Å²) in [6.45, 7) is 13.7. The van der Waals surface area contributed by atoms with Gasteiger partial charge in [-0.3, -0.25) is 9.59 Å². The Morgan fingerprint density at radius 2 is 1.16 bits per heavy atom. The summed E-state index contributed by atoms with van der Waals surface area (Å²) >= 11 is 0. The van der Waals surface area contributed by atoms with Crippen LogP contribution in [0.25, 0.3) is 0 Å². The fourth-order valence-corrected chi connectivity index (χ4v) is 14.2. The highest BCUT2D eigenvalue weighted by atomic mass is 16.8. The zero-order valence-corrected chi connectivity index (χ0v) is 42.2. The fraction of sp³-hybridized carbons (Fsp3) is 0.920. The minimum Gasteiger partial charge on any atom is -0.459 e. The van der Waals surface area contributed by atoms with Crippen LogP contribution in [0.15, 0.2) is 11.6 Å². The number of rotatable bonds is 13. The molecule has 5 N–H and O–H groups in total. The lowest BCUT2D eigenvalue weighted by molar-refractivity contribution is -0.347. The van der Waals surface area contributed by atoms with Crippen LogP contribution in [0.3, 0.4) is 0 Å². The lowest BCUT2D eigenvalue weighted by Gasteiger charge is -2.67. The van der Waals surface area contributed by atoms with E-state index in [1.165, 1.54) is 13.8 Å². The van der Waals surface area contributed by atoms with Crippen molar-refractivity contribution < 1.29 is 92.0 Å². The Balaban J connectivity index is 0.856. The van der Waals surface area contributed by atoms with E-state index in [2.05, 4.69) is 0 Å². The first kappa shape index (κ1) is 53.5. The average molecular weight is 985 g/mol. The second-order valence-electron chi connectivity index (χ2n) is 21.8. The van der Waals surface area contributed by atoms with E-state index in [0.29, 0.717) is 44.9 Å². The van der Waals surface area contributed by atoms with Crippen molar-refractivity contribution in [3.05, 3.63) is 11.6 Å². The van der Waals surface area contributed by atoms with Crippen molar-refractivity contribution in [2.24, 2.45) is 22.7 Å². The summed E-state index contributed by atoms with van der Waals surface area (Å²) in [7, 11) is 4.78. The van der Waals surface area contributed by atoms with Gasteiger partial charge in [-0.1, -0.05) is 25.5 Å². The molecule has 4 saturated heterocycles. The number of hydrogen-bond acceptors (Lipinski definition) is 19. The van der Waals surface area contributed by atoms with Gasteiger partial charge in [-0.15, -0.1) is 0 Å². The van der Waals surface area contributed by atoms with Gasteiger partial charge < -0.3 is 82.4 Å². The molecule has 69 heavy (non-hydrogen) atoms. The van der Waals surface area contributed by atoms with Gasteiger partial charge in [-0.05, 0) is 78.6 Å². The molecule has 0 unspecified atom stereocenters. The molecule has 25 atom stereocenters. The van der Waals surface area contributed by atoms with Crippen molar-refractivity contribution in [2.45, 2.75) is 248 Å². The van der Waals surface area contributed by atoms with Gasteiger partial charge in [-0.2, -0.15) is 0 Å². The van der Waals surface area contributed by atoms with E-state index in [4.69, 9.17) is 56.8 Å². The number of carbonyl (C=O) groups excluding carboxylic acids is 2. The number of Topliss-reactive ketones (excluding diaryl/α,β-unsaturated/α-hetero) is 1. The fourth-order valence-electron chi connectivity index (χ4n) is 14.2. The van der Waals surface area contributed by atoms with Crippen LogP contribution in [0.5, 0.6) is 0 Å². The van der Waals surface area contributed by atoms with Gasteiger partial charge in [0.15, 0.2) is 25.2 Å². The molecular weight excluding hydrogens is 905 g/mol. The van der Waals surface area contributed by atoms with Gasteiger partial charge in [0, 0.05) is 71.2 Å². The molecule has 0 aromatic carbocycles. The van der Waals surface area contributed by atoms with Gasteiger partial charge in [0.05, 0.1) is 54.9 Å². The molecule has 0 bridgehead atoms. The number of aliphatic hydroxyl groups is 5. The number of aliphatic hydroxyl groups excluding tert-OH is 3. The number of carbonyl (C=O) groups is 2. The molecule has 0 aromatic heterocycles. The Hall–Kier alpha value is -1.76. The normalized spacial score (nSPS) is 52.2. The highest BCUT2D eigenvalue weighted by molar-refractivity contribution is 5.80. The summed E-state index contributed by atoms with van der Waals surface area (Å²) in [6.07, 6.45) is -7.29. The molecule has 0 amide bonds. The van der Waals surface area contributed by atoms with Crippen LogP contribution in [0.1, 0.15) is 120 Å². The Bertz CT molecular complexity index is 1840. The lowest BCUT2D eigenvalue weighted by Crippen LogP contribution is -2.79. The summed E-state index contributed by atoms with van der Waals surface area (Å²) in [5, 5.41) is 59.4. The van der Waals surface area contributed by atoms with Crippen LogP contribution >= 0.6 is 0 Å². The zero-order valence-electron chi connectivity index (χ0n) is 42.2. The van der Waals surface area contributed by atoms with E-state index in [0.717, 1.165) is 5.57 Å². The first-order valence-corrected chi connectivity index (χ1v) is 25.2. The summed E-state index contributed by atoms with van der Waals surface area (Å²) in [4.78, 5) is 25.5.